The van der Waals surface area contributed by atoms with Crippen LogP contribution in [0.25, 0.3) is 0 Å². The van der Waals surface area contributed by atoms with Crippen molar-refractivity contribution in [2.45, 2.75) is 38.9 Å². The lowest BCUT2D eigenvalue weighted by Gasteiger charge is -2.36. The third kappa shape index (κ3) is 4.07. The molecule has 1 saturated heterocycles. The second kappa shape index (κ2) is 4.94. The summed E-state index contributed by atoms with van der Waals surface area (Å²) in [6.45, 7) is 9.71. The second-order valence-electron chi connectivity index (χ2n) is 4.21. The van der Waals surface area contributed by atoms with Crippen LogP contribution in [-0.4, -0.2) is 38.0 Å². The third-order valence-corrected chi connectivity index (χ3v) is 2.06. The maximum Gasteiger partial charge on any atom is 0.0940 e. The predicted octanol–water partition coefficient (Wildman–Crippen LogP) is 1.18. The van der Waals surface area contributed by atoms with Crippen molar-refractivity contribution in [2.24, 2.45) is 0 Å². The lowest BCUT2D eigenvalue weighted by molar-refractivity contribution is -0.120. The molecule has 0 spiro atoms. The zero-order valence-electron chi connectivity index (χ0n) is 8.93. The standard InChI is InChI=1S/C10H21NO2/c1-4-5-12-7-9-6-11-8-10(2,3)13-9/h9,11H,4-8H2,1-3H3. The molecular formula is C10H21NO2. The monoisotopic (exact) mass is 187 g/mol. The van der Waals surface area contributed by atoms with Crippen molar-refractivity contribution in [2.75, 3.05) is 26.3 Å². The van der Waals surface area contributed by atoms with Crippen LogP contribution in [0.2, 0.25) is 0 Å². The molecule has 78 valence electrons. The van der Waals surface area contributed by atoms with Crippen LogP contribution >= 0.6 is 0 Å². The van der Waals surface area contributed by atoms with E-state index in [1.54, 1.807) is 0 Å². The molecule has 0 radical (unpaired) electrons. The summed E-state index contributed by atoms with van der Waals surface area (Å²) < 4.78 is 11.3. The van der Waals surface area contributed by atoms with Crippen LogP contribution in [0.15, 0.2) is 0 Å². The Hall–Kier alpha value is -0.120. The number of nitrogens with one attached hydrogen (secondary N) is 1. The molecule has 1 aliphatic heterocycles. The fourth-order valence-corrected chi connectivity index (χ4v) is 1.52. The summed E-state index contributed by atoms with van der Waals surface area (Å²) in [5.41, 5.74) is -0.0432. The van der Waals surface area contributed by atoms with Crippen molar-refractivity contribution in [3.63, 3.8) is 0 Å². The van der Waals surface area contributed by atoms with Gasteiger partial charge in [0.05, 0.1) is 18.3 Å². The van der Waals surface area contributed by atoms with Crippen molar-refractivity contribution in [1.82, 2.24) is 5.32 Å². The van der Waals surface area contributed by atoms with Crippen molar-refractivity contribution < 1.29 is 9.47 Å². The molecule has 1 heterocycles. The van der Waals surface area contributed by atoms with E-state index in [2.05, 4.69) is 26.1 Å². The molecular weight excluding hydrogens is 166 g/mol. The lowest BCUT2D eigenvalue weighted by Crippen LogP contribution is -2.51. The molecule has 13 heavy (non-hydrogen) atoms. The zero-order valence-corrected chi connectivity index (χ0v) is 8.93. The van der Waals surface area contributed by atoms with Crippen molar-refractivity contribution in [3.05, 3.63) is 0 Å². The van der Waals surface area contributed by atoms with E-state index in [1.807, 2.05) is 0 Å². The Morgan fingerprint density at radius 2 is 2.31 bits per heavy atom. The fraction of sp³-hybridized carbons (Fsp3) is 1.00. The second-order valence-corrected chi connectivity index (χ2v) is 4.21. The Bertz CT molecular complexity index is 148. The Kier molecular flexibility index (Phi) is 4.16. The largest absolute Gasteiger partial charge is 0.379 e. The first-order valence-electron chi connectivity index (χ1n) is 5.10. The molecule has 0 bridgehead atoms. The Balaban J connectivity index is 2.19. The maximum absolute atomic E-state index is 5.83. The molecule has 1 rings (SSSR count). The summed E-state index contributed by atoms with van der Waals surface area (Å²) in [4.78, 5) is 0. The third-order valence-electron chi connectivity index (χ3n) is 2.06. The van der Waals surface area contributed by atoms with Crippen LogP contribution in [0.5, 0.6) is 0 Å². The number of rotatable bonds is 4. The van der Waals surface area contributed by atoms with Gasteiger partial charge in [-0.05, 0) is 20.3 Å². The smallest absolute Gasteiger partial charge is 0.0940 e. The van der Waals surface area contributed by atoms with E-state index in [4.69, 9.17) is 9.47 Å². The molecule has 0 aromatic carbocycles. The minimum atomic E-state index is -0.0432. The van der Waals surface area contributed by atoms with E-state index in [0.717, 1.165) is 26.1 Å². The highest BCUT2D eigenvalue weighted by Crippen LogP contribution is 2.15. The van der Waals surface area contributed by atoms with Crippen molar-refractivity contribution >= 4 is 0 Å². The molecule has 1 N–H and O–H groups in total. The number of hydrogen-bond donors (Lipinski definition) is 1. The molecule has 3 heteroatoms. The molecule has 1 atom stereocenters. The molecule has 0 saturated carbocycles. The molecule has 0 aromatic rings. The lowest BCUT2D eigenvalue weighted by atomic mass is 10.1. The summed E-state index contributed by atoms with van der Waals surface area (Å²) >= 11 is 0. The summed E-state index contributed by atoms with van der Waals surface area (Å²) in [7, 11) is 0. The van der Waals surface area contributed by atoms with E-state index in [1.165, 1.54) is 0 Å². The number of morpholine rings is 1. The van der Waals surface area contributed by atoms with Crippen molar-refractivity contribution in [1.29, 1.82) is 0 Å². The van der Waals surface area contributed by atoms with Gasteiger partial charge >= 0.3 is 0 Å². The first kappa shape index (κ1) is 11.0. The topological polar surface area (TPSA) is 30.5 Å². The average Bonchev–Trinajstić information content (AvgIpc) is 2.03. The predicted molar refractivity (Wildman–Crippen MR) is 52.9 cm³/mol. The minimum Gasteiger partial charge on any atom is -0.379 e. The van der Waals surface area contributed by atoms with Gasteiger partial charge in [-0.1, -0.05) is 6.92 Å². The first-order chi connectivity index (χ1) is 6.14. The van der Waals surface area contributed by atoms with Gasteiger partial charge in [0.1, 0.15) is 0 Å². The van der Waals surface area contributed by atoms with Gasteiger partial charge in [0, 0.05) is 19.7 Å². The summed E-state index contributed by atoms with van der Waals surface area (Å²) in [5, 5.41) is 3.35. The van der Waals surface area contributed by atoms with Gasteiger partial charge in [0.2, 0.25) is 0 Å². The van der Waals surface area contributed by atoms with Crippen LogP contribution in [0.4, 0.5) is 0 Å². The van der Waals surface area contributed by atoms with Gasteiger partial charge in [-0.25, -0.2) is 0 Å². The average molecular weight is 187 g/mol. The van der Waals surface area contributed by atoms with Gasteiger partial charge in [-0.15, -0.1) is 0 Å². The van der Waals surface area contributed by atoms with E-state index in [-0.39, 0.29) is 11.7 Å². The molecule has 3 nitrogen and oxygen atoms in total. The fourth-order valence-electron chi connectivity index (χ4n) is 1.52. The summed E-state index contributed by atoms with van der Waals surface area (Å²) in [6.07, 6.45) is 1.29. The molecule has 0 amide bonds. The summed E-state index contributed by atoms with van der Waals surface area (Å²) in [6, 6.07) is 0. The Morgan fingerprint density at radius 1 is 1.54 bits per heavy atom. The molecule has 0 aliphatic carbocycles. The normalized spacial score (nSPS) is 27.5. The van der Waals surface area contributed by atoms with Crippen LogP contribution in [0, 0.1) is 0 Å². The SMILES string of the molecule is CCCOCC1CNCC(C)(C)O1. The van der Waals surface area contributed by atoms with Gasteiger partial charge < -0.3 is 14.8 Å². The van der Waals surface area contributed by atoms with Gasteiger partial charge in [-0.2, -0.15) is 0 Å². The van der Waals surface area contributed by atoms with Crippen LogP contribution in [-0.2, 0) is 9.47 Å². The highest BCUT2D eigenvalue weighted by atomic mass is 16.5. The van der Waals surface area contributed by atoms with Crippen LogP contribution in [0.3, 0.4) is 0 Å². The molecule has 1 aliphatic rings. The van der Waals surface area contributed by atoms with E-state index >= 15 is 0 Å². The number of ether oxygens (including phenoxy) is 2. The quantitative estimate of drug-likeness (QED) is 0.670. The van der Waals surface area contributed by atoms with Gasteiger partial charge in [0.15, 0.2) is 0 Å². The Morgan fingerprint density at radius 3 is 2.92 bits per heavy atom. The van der Waals surface area contributed by atoms with Crippen molar-refractivity contribution in [3.8, 4) is 0 Å². The highest BCUT2D eigenvalue weighted by Gasteiger charge is 2.27. The molecule has 1 fully saturated rings. The maximum atomic E-state index is 5.83. The van der Waals surface area contributed by atoms with Gasteiger partial charge in [-0.3, -0.25) is 0 Å². The molecule has 1 unspecified atom stereocenters. The van der Waals surface area contributed by atoms with E-state index < -0.39 is 0 Å². The minimum absolute atomic E-state index is 0.0432. The van der Waals surface area contributed by atoms with E-state index in [9.17, 15) is 0 Å². The van der Waals surface area contributed by atoms with E-state index in [0.29, 0.717) is 6.61 Å². The zero-order chi connectivity index (χ0) is 9.73. The van der Waals surface area contributed by atoms with Gasteiger partial charge in [0.25, 0.3) is 0 Å². The first-order valence-corrected chi connectivity index (χ1v) is 5.10. The van der Waals surface area contributed by atoms with Crippen LogP contribution < -0.4 is 5.32 Å². The highest BCUT2D eigenvalue weighted by molar-refractivity contribution is 4.80. The molecule has 0 aromatic heterocycles. The Labute approximate surface area is 80.8 Å². The van der Waals surface area contributed by atoms with Crippen LogP contribution in [0.1, 0.15) is 27.2 Å². The summed E-state index contributed by atoms with van der Waals surface area (Å²) in [5.74, 6) is 0. The number of hydrogen-bond acceptors (Lipinski definition) is 3.